The summed E-state index contributed by atoms with van der Waals surface area (Å²) in [7, 11) is 10.5. The van der Waals surface area contributed by atoms with Crippen LogP contribution in [0.3, 0.4) is 0 Å². The zero-order chi connectivity index (χ0) is 50.1. The molecule has 3 rings (SSSR count). The van der Waals surface area contributed by atoms with Gasteiger partial charge in [0.15, 0.2) is 5.78 Å². The van der Waals surface area contributed by atoms with Gasteiger partial charge in [0, 0.05) is 72.8 Å². The number of esters is 3. The summed E-state index contributed by atoms with van der Waals surface area (Å²) in [6.07, 6.45) is 5.23. The fourth-order valence-electron chi connectivity index (χ4n) is 3.94. The van der Waals surface area contributed by atoms with Gasteiger partial charge < -0.3 is 68.4 Å². The molecule has 10 N–H and O–H groups in total. The summed E-state index contributed by atoms with van der Waals surface area (Å²) in [5.74, 6) is -2.41. The first kappa shape index (κ1) is 94.2. The molecule has 3 aromatic heterocycles. The zero-order valence-corrected chi connectivity index (χ0v) is 49.6. The molecule has 0 bridgehead atoms. The Morgan fingerprint density at radius 3 is 1.36 bits per heavy atom. The van der Waals surface area contributed by atoms with E-state index in [-0.39, 0.29) is 191 Å². The van der Waals surface area contributed by atoms with Crippen LogP contribution in [0.4, 0.5) is 17.8 Å². The average Bonchev–Trinajstić information content (AvgIpc) is 3.18. The van der Waals surface area contributed by atoms with Crippen molar-refractivity contribution in [2.45, 2.75) is 89.7 Å². The van der Waals surface area contributed by atoms with E-state index < -0.39 is 23.9 Å². The topological polar surface area (TPSA) is 411 Å². The summed E-state index contributed by atoms with van der Waals surface area (Å²) in [6.45, 7) is 13.8. The van der Waals surface area contributed by atoms with Crippen LogP contribution in [0.5, 0.6) is 0 Å². The van der Waals surface area contributed by atoms with Gasteiger partial charge in [-0.3, -0.25) is 19.3 Å². The summed E-state index contributed by atoms with van der Waals surface area (Å²) >= 11 is 0. The predicted octanol–water partition coefficient (Wildman–Crippen LogP) is -6.63. The summed E-state index contributed by atoms with van der Waals surface area (Å²) < 4.78 is 23.7. The van der Waals surface area contributed by atoms with Crippen molar-refractivity contribution >= 4 is 61.7 Å². The minimum absolute atomic E-state index is 0. The molecule has 72 heavy (non-hydrogen) atoms. The van der Waals surface area contributed by atoms with E-state index in [2.05, 4.69) is 34.6 Å². The van der Waals surface area contributed by atoms with E-state index in [1.807, 2.05) is 19.0 Å². The monoisotopic (exact) mass is 1050 g/mol. The molecule has 0 saturated heterocycles. The number of carboxylic acid groups (broad SMARTS) is 1. The zero-order valence-electron chi connectivity index (χ0n) is 44.6. The number of aliphatic hydroxyl groups is 1. The number of anilines is 3. The van der Waals surface area contributed by atoms with E-state index >= 15 is 0 Å². The number of aromatic carboxylic acids is 1. The number of nitrogens with two attached hydrogens (primary N) is 3. The second kappa shape index (κ2) is 55.0. The Bertz CT molecular complexity index is 1980. The largest absolute Gasteiger partial charge is 1.00 e. The third kappa shape index (κ3) is 46.0. The van der Waals surface area contributed by atoms with E-state index in [0.717, 1.165) is 5.69 Å². The number of rotatable bonds is 14. The third-order valence-corrected chi connectivity index (χ3v) is 6.78. The van der Waals surface area contributed by atoms with Crippen molar-refractivity contribution in [2.75, 3.05) is 79.4 Å². The fraction of sp³-hybridized carbons (Fsp3) is 0.524. The Kier molecular flexibility index (Phi) is 71.9. The number of carboxylic acids is 1. The molecule has 0 aliphatic carbocycles. The van der Waals surface area contributed by atoms with Crippen LogP contribution in [0.15, 0.2) is 30.4 Å². The molecule has 0 aliphatic rings. The van der Waals surface area contributed by atoms with Gasteiger partial charge in [-0.1, -0.05) is 14.9 Å². The second-order valence-electron chi connectivity index (χ2n) is 12.7. The van der Waals surface area contributed by atoms with E-state index in [9.17, 15) is 28.8 Å². The Hall–Kier alpha value is -3.78. The first-order valence-electron chi connectivity index (χ1n) is 19.1. The maximum Gasteiger partial charge on any atom is 1.00 e. The number of methoxy groups -OCH3 is 2. The van der Waals surface area contributed by atoms with E-state index in [1.54, 1.807) is 74.8 Å². The molecule has 0 amide bonds. The van der Waals surface area contributed by atoms with Gasteiger partial charge in [0.05, 0.1) is 48.9 Å². The van der Waals surface area contributed by atoms with Gasteiger partial charge in [0.2, 0.25) is 24.3 Å². The number of aryl methyl sites for hydroxylation is 3. The Morgan fingerprint density at radius 2 is 1.08 bits per heavy atom. The van der Waals surface area contributed by atoms with Crippen molar-refractivity contribution in [3.8, 4) is 0 Å². The summed E-state index contributed by atoms with van der Waals surface area (Å²) in [4.78, 5) is 90.3. The summed E-state index contributed by atoms with van der Waals surface area (Å²) in [6, 6.07) is 0. The minimum Gasteiger partial charge on any atom is -1.00 e. The number of Topliss-reactive ketones (excluding diaryl/α,β-unsaturated/α-hetero) is 2. The third-order valence-electron chi connectivity index (χ3n) is 6.78. The van der Waals surface area contributed by atoms with Crippen molar-refractivity contribution < 1.29 is 164 Å². The fourth-order valence-corrected chi connectivity index (χ4v) is 3.94. The molecule has 0 unspecified atom stereocenters. The van der Waals surface area contributed by atoms with Crippen LogP contribution in [0.1, 0.15) is 101 Å². The normalized spacial score (nSPS) is 8.88. The number of nitrogen functional groups attached to an aromatic ring is 3. The van der Waals surface area contributed by atoms with E-state index in [1.165, 1.54) is 38.6 Å². The maximum atomic E-state index is 11.2. The van der Waals surface area contributed by atoms with Crippen LogP contribution < -0.4 is 106 Å². The van der Waals surface area contributed by atoms with Crippen LogP contribution in [0, 0.1) is 20.8 Å². The minimum atomic E-state index is -1.04. The number of carbonyl (C=O) groups is 6. The molecule has 3 aromatic rings. The molecule has 395 valence electrons. The van der Waals surface area contributed by atoms with Crippen molar-refractivity contribution in [2.24, 2.45) is 0 Å². The Balaban J connectivity index is -0.0000000601. The number of nitrogens with zero attached hydrogens (tertiary/aromatic N) is 8. The molecule has 26 nitrogen and oxygen atoms in total. The van der Waals surface area contributed by atoms with Gasteiger partial charge in [-0.25, -0.2) is 44.3 Å². The van der Waals surface area contributed by atoms with Crippen molar-refractivity contribution in [3.05, 3.63) is 64.1 Å². The Morgan fingerprint density at radius 1 is 0.694 bits per heavy atom. The number of aliphatic hydroxyl groups excluding tert-OH is 1. The van der Waals surface area contributed by atoms with Gasteiger partial charge >= 0.3 is 113 Å². The van der Waals surface area contributed by atoms with Crippen LogP contribution in [0.2, 0.25) is 0 Å². The van der Waals surface area contributed by atoms with Crippen LogP contribution >= 0.6 is 0 Å². The van der Waals surface area contributed by atoms with E-state index in [0.29, 0.717) is 35.7 Å². The van der Waals surface area contributed by atoms with Gasteiger partial charge in [0.1, 0.15) is 17.8 Å². The molecule has 3 heterocycles. The van der Waals surface area contributed by atoms with Crippen molar-refractivity contribution in [1.29, 1.82) is 0 Å². The van der Waals surface area contributed by atoms with Crippen molar-refractivity contribution in [3.63, 3.8) is 0 Å². The predicted molar refractivity (Wildman–Crippen MR) is 259 cm³/mol. The molecule has 0 aliphatic heterocycles. The number of hydrogen-bond acceptors (Lipinski definition) is 25. The first-order chi connectivity index (χ1) is 29.9. The van der Waals surface area contributed by atoms with Crippen LogP contribution in [0.25, 0.3) is 0 Å². The summed E-state index contributed by atoms with van der Waals surface area (Å²) in [5.41, 5.74) is 18.7. The van der Waals surface area contributed by atoms with Crippen molar-refractivity contribution in [1.82, 2.24) is 39.7 Å². The molecule has 3 radical (unpaired) electrons. The van der Waals surface area contributed by atoms with Crippen LogP contribution in [-0.2, 0) is 49.5 Å². The maximum absolute atomic E-state index is 11.2. The number of aromatic nitrogens is 6. The van der Waals surface area contributed by atoms with E-state index in [4.69, 9.17) is 46.4 Å². The van der Waals surface area contributed by atoms with Gasteiger partial charge in [-0.15, -0.1) is 0 Å². The molecule has 0 spiro atoms. The molecule has 0 saturated carbocycles. The number of ether oxygens (including phenoxy) is 5. The first-order valence-corrected chi connectivity index (χ1v) is 19.1. The second-order valence-corrected chi connectivity index (χ2v) is 12.7. The standard InChI is InChI=1S/C9H15NO3.C8H11N3O2.C6H7N3O2.C6H9N3O.C6H10O3.C5H13NO2.2CH4.B.3Na.2H2O.H/c1-5-13-9(12)8(7(2)11)6-10(3)4;1-3-13-7(12)6-4-10-8(9)11-5(6)2;1-3-4(5(10)11)2-8-6(7)9-3;1-4-5(3-10)2-8-6(7)9-4;1-3-9-6(8)4-5(2)7;1-6(2)5(7-3)8-4;;;;;;;;;/h6H,5H2,1-4H3;4H,3H2,1-2H3,(H2,9,10,11);2H,1H3,(H,10,11)(H2,7,8,9);2,10H,3H2,1H3,(H2,7,8,9);3-4H2,1-2H3;5H,1-4H3;2*1H4;;;;;2*1H2;/q;;;;;;;;;3*+1;;;-1/p-2/b8-6-;;;;;;;;;;;;;;. The van der Waals surface area contributed by atoms with Gasteiger partial charge in [-0.2, -0.15) is 0 Å². The molecular weight excluding hydrogens is 978 g/mol. The number of hydrogen-bond donors (Lipinski definition) is 5. The molecular formula is C42H76BN11Na3O15. The smallest absolute Gasteiger partial charge is 1.00 e. The van der Waals surface area contributed by atoms with Crippen LogP contribution in [-0.4, -0.2) is 173 Å². The van der Waals surface area contributed by atoms with Gasteiger partial charge in [0.25, 0.3) is 0 Å². The molecule has 30 heteroatoms. The molecule has 0 fully saturated rings. The summed E-state index contributed by atoms with van der Waals surface area (Å²) in [5, 5.41) is 17.2. The SMILES string of the molecule is C.C.CCOC(=O)/C(=C\N(C)C)C(C)=O.CCOC(=O)CC(C)=O.CCOC(=O)c1cnc(N)nc1C.COC(OC)N(C)C.Cc1nc(N)ncc1C(=O)O.Cc1nc(N)ncc1CO.[B].[H-].[Na+].[Na+].[Na+].[OH-].[OH-]. The number of carbonyl (C=O) groups excluding carboxylic acids is 5. The molecule has 0 aromatic carbocycles. The average molecular weight is 1050 g/mol. The Labute approximate surface area is 494 Å². The number of ketones is 2. The molecule has 0 atom stereocenters. The van der Waals surface area contributed by atoms with Gasteiger partial charge in [-0.05, 0) is 69.5 Å². The quantitative estimate of drug-likeness (QED) is 0.0191.